The Morgan fingerprint density at radius 2 is 1.33 bits per heavy atom. The molecule has 0 aromatic carbocycles. The number of hydrogen-bond donors (Lipinski definition) is 1. The van der Waals surface area contributed by atoms with Crippen LogP contribution >= 0.6 is 24.8 Å². The Hall–Kier alpha value is -0.160. The van der Waals surface area contributed by atoms with Crippen LogP contribution in [0.2, 0.25) is 0 Å². The summed E-state index contributed by atoms with van der Waals surface area (Å²) in [5, 5.41) is 0. The molecular weight excluding hydrogens is 182 g/mol. The van der Waals surface area contributed by atoms with Crippen LogP contribution in [0.3, 0.4) is 0 Å². The van der Waals surface area contributed by atoms with E-state index in [0.29, 0.717) is 0 Å². The molecule has 9 heavy (non-hydrogen) atoms. The first kappa shape index (κ1) is 15.9. The molecule has 0 rings (SSSR count). The Balaban J connectivity index is -0.000000180. The molecule has 1 amide bonds. The fourth-order valence-electron chi connectivity index (χ4n) is 0. The molecule has 0 aliphatic heterocycles. The summed E-state index contributed by atoms with van der Waals surface area (Å²) >= 11 is 0. The summed E-state index contributed by atoms with van der Waals surface area (Å²) in [7, 11) is 0. The van der Waals surface area contributed by atoms with Crippen LogP contribution in [0, 0.1) is 0 Å². The number of primary amides is 1. The SMILES string of the molecule is Cl.Cl.NC(=O)C(F)(F)F. The highest BCUT2D eigenvalue weighted by atomic mass is 35.5. The summed E-state index contributed by atoms with van der Waals surface area (Å²) < 4.78 is 32.1. The molecule has 0 heterocycles. The van der Waals surface area contributed by atoms with Crippen molar-refractivity contribution in [1.82, 2.24) is 0 Å². The van der Waals surface area contributed by atoms with Gasteiger partial charge in [-0.3, -0.25) is 4.79 Å². The van der Waals surface area contributed by atoms with Gasteiger partial charge in [0.1, 0.15) is 0 Å². The molecule has 0 fully saturated rings. The summed E-state index contributed by atoms with van der Waals surface area (Å²) in [6, 6.07) is 0. The third kappa shape index (κ3) is 7.84. The van der Waals surface area contributed by atoms with Gasteiger partial charge in [-0.15, -0.1) is 24.8 Å². The Kier molecular flexibility index (Phi) is 8.31. The standard InChI is InChI=1S/C2H2F3NO.2ClH/c3-2(4,5)1(6)7;;/h(H2,6,7);2*1H. The lowest BCUT2D eigenvalue weighted by molar-refractivity contribution is -0.169. The van der Waals surface area contributed by atoms with Crippen molar-refractivity contribution in [1.29, 1.82) is 0 Å². The van der Waals surface area contributed by atoms with Crippen molar-refractivity contribution in [2.24, 2.45) is 5.73 Å². The van der Waals surface area contributed by atoms with Gasteiger partial charge in [0.25, 0.3) is 0 Å². The lowest BCUT2D eigenvalue weighted by Gasteiger charge is -1.95. The van der Waals surface area contributed by atoms with Gasteiger partial charge in [0.2, 0.25) is 0 Å². The van der Waals surface area contributed by atoms with Gasteiger partial charge in [0.05, 0.1) is 0 Å². The number of halogens is 5. The van der Waals surface area contributed by atoms with Gasteiger partial charge in [-0.05, 0) is 0 Å². The van der Waals surface area contributed by atoms with Crippen molar-refractivity contribution in [3.8, 4) is 0 Å². The summed E-state index contributed by atoms with van der Waals surface area (Å²) in [6.07, 6.45) is -4.86. The maximum absolute atomic E-state index is 10.7. The molecule has 0 unspecified atom stereocenters. The van der Waals surface area contributed by atoms with E-state index >= 15 is 0 Å². The van der Waals surface area contributed by atoms with Gasteiger partial charge in [-0.25, -0.2) is 0 Å². The van der Waals surface area contributed by atoms with Gasteiger partial charge in [0, 0.05) is 0 Å². The van der Waals surface area contributed by atoms with E-state index < -0.39 is 12.1 Å². The first-order chi connectivity index (χ1) is 2.94. The van der Waals surface area contributed by atoms with Gasteiger partial charge in [-0.1, -0.05) is 0 Å². The highest BCUT2D eigenvalue weighted by Crippen LogP contribution is 2.11. The van der Waals surface area contributed by atoms with E-state index in [1.54, 1.807) is 0 Å². The minimum atomic E-state index is -4.86. The van der Waals surface area contributed by atoms with Crippen LogP contribution in [0.1, 0.15) is 0 Å². The van der Waals surface area contributed by atoms with Crippen LogP contribution < -0.4 is 5.73 Å². The first-order valence-corrected chi connectivity index (χ1v) is 1.31. The van der Waals surface area contributed by atoms with E-state index in [9.17, 15) is 13.2 Å². The highest BCUT2D eigenvalue weighted by molar-refractivity contribution is 5.85. The van der Waals surface area contributed by atoms with Gasteiger partial charge < -0.3 is 5.73 Å². The minimum Gasteiger partial charge on any atom is -0.362 e. The molecule has 0 saturated carbocycles. The maximum atomic E-state index is 10.7. The largest absolute Gasteiger partial charge is 0.470 e. The molecule has 0 aliphatic rings. The van der Waals surface area contributed by atoms with Gasteiger partial charge in [-0.2, -0.15) is 13.2 Å². The number of hydrogen-bond acceptors (Lipinski definition) is 1. The van der Waals surface area contributed by atoms with Crippen molar-refractivity contribution >= 4 is 30.7 Å². The van der Waals surface area contributed by atoms with Crippen molar-refractivity contribution < 1.29 is 18.0 Å². The third-order valence-corrected chi connectivity index (χ3v) is 0.279. The van der Waals surface area contributed by atoms with Crippen LogP contribution in [-0.2, 0) is 4.79 Å². The number of carbonyl (C=O) groups is 1. The monoisotopic (exact) mass is 185 g/mol. The second kappa shape index (κ2) is 4.69. The Bertz CT molecular complexity index is 92.3. The van der Waals surface area contributed by atoms with E-state index in [2.05, 4.69) is 5.73 Å². The zero-order valence-electron chi connectivity index (χ0n) is 3.94. The minimum absolute atomic E-state index is 0. The maximum Gasteiger partial charge on any atom is 0.470 e. The smallest absolute Gasteiger partial charge is 0.362 e. The molecule has 0 aromatic rings. The average molecular weight is 186 g/mol. The molecule has 0 saturated heterocycles. The Labute approximate surface area is 61.4 Å². The summed E-state index contributed by atoms with van der Waals surface area (Å²) in [5.74, 6) is -2.26. The molecule has 58 valence electrons. The average Bonchev–Trinajstić information content (AvgIpc) is 1.31. The van der Waals surface area contributed by atoms with E-state index in [1.165, 1.54) is 0 Å². The van der Waals surface area contributed by atoms with Gasteiger partial charge in [0.15, 0.2) is 0 Å². The van der Waals surface area contributed by atoms with E-state index in [4.69, 9.17) is 4.79 Å². The normalized spacial score (nSPS) is 8.78. The van der Waals surface area contributed by atoms with E-state index in [0.717, 1.165) is 0 Å². The van der Waals surface area contributed by atoms with Crippen molar-refractivity contribution in [3.63, 3.8) is 0 Å². The second-order valence-corrected chi connectivity index (χ2v) is 0.862. The number of amides is 1. The first-order valence-electron chi connectivity index (χ1n) is 1.31. The molecule has 0 bridgehead atoms. The Morgan fingerprint density at radius 1 is 1.22 bits per heavy atom. The number of rotatable bonds is 0. The predicted molar refractivity (Wildman–Crippen MR) is 29.7 cm³/mol. The van der Waals surface area contributed by atoms with E-state index in [1.807, 2.05) is 0 Å². The molecule has 2 nitrogen and oxygen atoms in total. The summed E-state index contributed by atoms with van der Waals surface area (Å²) in [5.41, 5.74) is 3.81. The number of alkyl halides is 3. The second-order valence-electron chi connectivity index (χ2n) is 0.862. The summed E-state index contributed by atoms with van der Waals surface area (Å²) in [6.45, 7) is 0. The predicted octanol–water partition coefficient (Wildman–Crippen LogP) is 0.878. The lowest BCUT2D eigenvalue weighted by atomic mass is 10.6. The van der Waals surface area contributed by atoms with Crippen molar-refractivity contribution in [2.45, 2.75) is 6.18 Å². The summed E-state index contributed by atoms with van der Waals surface area (Å²) in [4.78, 5) is 9.12. The van der Waals surface area contributed by atoms with Crippen molar-refractivity contribution in [3.05, 3.63) is 0 Å². The van der Waals surface area contributed by atoms with Crippen molar-refractivity contribution in [2.75, 3.05) is 0 Å². The zero-order valence-corrected chi connectivity index (χ0v) is 5.57. The van der Waals surface area contributed by atoms with E-state index in [-0.39, 0.29) is 24.8 Å². The van der Waals surface area contributed by atoms with Crippen LogP contribution in [0.4, 0.5) is 13.2 Å². The molecule has 0 atom stereocenters. The van der Waals surface area contributed by atoms with Crippen LogP contribution in [0.5, 0.6) is 0 Å². The topological polar surface area (TPSA) is 43.1 Å². The molecule has 0 spiro atoms. The molecular formula is C2H4Cl2F3NO. The van der Waals surface area contributed by atoms with Gasteiger partial charge >= 0.3 is 12.1 Å². The number of nitrogens with two attached hydrogens (primary N) is 1. The molecule has 0 radical (unpaired) electrons. The van der Waals surface area contributed by atoms with Crippen LogP contribution in [0.25, 0.3) is 0 Å². The zero-order chi connectivity index (χ0) is 6.08. The van der Waals surface area contributed by atoms with Crippen LogP contribution in [-0.4, -0.2) is 12.1 Å². The van der Waals surface area contributed by atoms with Crippen LogP contribution in [0.15, 0.2) is 0 Å². The fraction of sp³-hybridized carbons (Fsp3) is 0.500. The lowest BCUT2D eigenvalue weighted by Crippen LogP contribution is -2.30. The molecule has 0 aromatic heterocycles. The molecule has 0 aliphatic carbocycles. The quantitative estimate of drug-likeness (QED) is 0.599. The highest BCUT2D eigenvalue weighted by Gasteiger charge is 2.35. The Morgan fingerprint density at radius 3 is 1.33 bits per heavy atom. The third-order valence-electron chi connectivity index (χ3n) is 0.279. The number of carbonyl (C=O) groups excluding carboxylic acids is 1. The molecule has 2 N–H and O–H groups in total. The fourth-order valence-corrected chi connectivity index (χ4v) is 0. The molecule has 7 heteroatoms.